The molecule has 1 aliphatic rings. The maximum Gasteiger partial charge on any atom is 0.211 e. The number of aromatic nitrogens is 1. The Hall–Kier alpha value is -1.20. The number of nitrogens with zero attached hydrogens (tertiary/aromatic N) is 1. The lowest BCUT2D eigenvalue weighted by atomic mass is 9.98. The molecule has 0 amide bonds. The summed E-state index contributed by atoms with van der Waals surface area (Å²) in [4.78, 5) is 3.99. The van der Waals surface area contributed by atoms with Gasteiger partial charge in [0.15, 0.2) is 0 Å². The molecule has 0 bridgehead atoms. The van der Waals surface area contributed by atoms with Crippen LogP contribution in [0, 0.1) is 0 Å². The second kappa shape index (κ2) is 5.20. The minimum Gasteiger partial charge on any atom is -0.265 e. The number of nitrogens with one attached hydrogen (secondary N) is 1. The molecule has 2 rings (SSSR count). The fraction of sp³-hybridized carbons (Fsp3) is 0.462. The van der Waals surface area contributed by atoms with E-state index in [1.54, 1.807) is 18.5 Å². The maximum atomic E-state index is 11.7. The third-order valence-corrected chi connectivity index (χ3v) is 4.72. The quantitative estimate of drug-likeness (QED) is 0.763. The van der Waals surface area contributed by atoms with Crippen molar-refractivity contribution in [1.82, 2.24) is 9.71 Å². The van der Waals surface area contributed by atoms with E-state index in [1.165, 1.54) is 5.56 Å². The molecule has 1 heterocycles. The van der Waals surface area contributed by atoms with Crippen LogP contribution in [0.25, 0.3) is 0 Å². The first-order chi connectivity index (χ1) is 8.58. The van der Waals surface area contributed by atoms with E-state index in [0.29, 0.717) is 13.0 Å². The van der Waals surface area contributed by atoms with Crippen molar-refractivity contribution >= 4 is 10.0 Å². The zero-order chi connectivity index (χ0) is 13.1. The first kappa shape index (κ1) is 13.2. The van der Waals surface area contributed by atoms with Gasteiger partial charge in [0.25, 0.3) is 0 Å². The molecule has 0 unspecified atom stereocenters. The summed E-state index contributed by atoms with van der Waals surface area (Å²) in [5.41, 5.74) is 1.16. The van der Waals surface area contributed by atoms with Gasteiger partial charge in [0.2, 0.25) is 10.0 Å². The largest absolute Gasteiger partial charge is 0.265 e. The van der Waals surface area contributed by atoms with Crippen molar-refractivity contribution in [3.05, 3.63) is 42.7 Å². The molecule has 1 aliphatic carbocycles. The molecular formula is C13H18N2O2S. The number of hydrogen-bond acceptors (Lipinski definition) is 3. The molecule has 0 radical (unpaired) electrons. The van der Waals surface area contributed by atoms with Crippen molar-refractivity contribution in [3.63, 3.8) is 0 Å². The molecule has 1 N–H and O–H groups in total. The van der Waals surface area contributed by atoms with Crippen LogP contribution in [0.5, 0.6) is 0 Å². The monoisotopic (exact) mass is 266 g/mol. The lowest BCUT2D eigenvalue weighted by Gasteiger charge is -2.16. The molecule has 0 aromatic carbocycles. The Kier molecular flexibility index (Phi) is 3.82. The van der Waals surface area contributed by atoms with Gasteiger partial charge in [-0.3, -0.25) is 4.98 Å². The van der Waals surface area contributed by atoms with Gasteiger partial charge < -0.3 is 0 Å². The predicted molar refractivity (Wildman–Crippen MR) is 71.8 cm³/mol. The van der Waals surface area contributed by atoms with Gasteiger partial charge in [-0.25, -0.2) is 13.1 Å². The molecule has 5 heteroatoms. The van der Waals surface area contributed by atoms with Gasteiger partial charge in [-0.2, -0.15) is 0 Å². The van der Waals surface area contributed by atoms with E-state index in [-0.39, 0.29) is 11.2 Å². The number of sulfonamides is 1. The van der Waals surface area contributed by atoms with Gasteiger partial charge in [0.1, 0.15) is 0 Å². The lowest BCUT2D eigenvalue weighted by Crippen LogP contribution is -2.33. The van der Waals surface area contributed by atoms with Crippen LogP contribution in [0.4, 0.5) is 0 Å². The summed E-state index contributed by atoms with van der Waals surface area (Å²) in [7, 11) is -3.18. The van der Waals surface area contributed by atoms with Crippen LogP contribution >= 0.6 is 0 Å². The van der Waals surface area contributed by atoms with Crippen LogP contribution in [0.3, 0.4) is 0 Å². The Morgan fingerprint density at radius 2 is 2.06 bits per heavy atom. The normalized spacial score (nSPS) is 17.3. The van der Waals surface area contributed by atoms with E-state index < -0.39 is 10.0 Å². The zero-order valence-electron chi connectivity index (χ0n) is 10.3. The Balaban J connectivity index is 1.97. The molecule has 0 saturated heterocycles. The maximum absolute atomic E-state index is 11.7. The lowest BCUT2D eigenvalue weighted by molar-refractivity contribution is 0.566. The van der Waals surface area contributed by atoms with Crippen molar-refractivity contribution in [2.45, 2.75) is 24.7 Å². The third-order valence-electron chi connectivity index (χ3n) is 3.37. The van der Waals surface area contributed by atoms with E-state index >= 15 is 0 Å². The van der Waals surface area contributed by atoms with Gasteiger partial charge in [-0.15, -0.1) is 6.58 Å². The highest BCUT2D eigenvalue weighted by atomic mass is 32.2. The first-order valence-corrected chi connectivity index (χ1v) is 7.72. The Bertz CT molecular complexity index is 507. The van der Waals surface area contributed by atoms with Crippen LogP contribution in [-0.4, -0.2) is 25.7 Å². The molecule has 98 valence electrons. The van der Waals surface area contributed by atoms with Crippen LogP contribution in [0.1, 0.15) is 24.8 Å². The van der Waals surface area contributed by atoms with Crippen molar-refractivity contribution in [2.24, 2.45) is 0 Å². The summed E-state index contributed by atoms with van der Waals surface area (Å²) in [6.07, 6.45) is 7.66. The summed E-state index contributed by atoms with van der Waals surface area (Å²) < 4.78 is 26.1. The van der Waals surface area contributed by atoms with Crippen molar-refractivity contribution in [3.8, 4) is 0 Å². The van der Waals surface area contributed by atoms with E-state index in [9.17, 15) is 8.42 Å². The Morgan fingerprint density at radius 3 is 2.61 bits per heavy atom. The molecule has 0 spiro atoms. The topological polar surface area (TPSA) is 59.1 Å². The van der Waals surface area contributed by atoms with E-state index in [2.05, 4.69) is 16.3 Å². The highest BCUT2D eigenvalue weighted by Gasteiger charge is 2.44. The van der Waals surface area contributed by atoms with Gasteiger partial charge in [-0.1, -0.05) is 6.08 Å². The van der Waals surface area contributed by atoms with Gasteiger partial charge >= 0.3 is 0 Å². The Morgan fingerprint density at radius 1 is 1.39 bits per heavy atom. The fourth-order valence-corrected chi connectivity index (χ4v) is 3.10. The Labute approximate surface area is 108 Å². The zero-order valence-corrected chi connectivity index (χ0v) is 11.1. The minimum absolute atomic E-state index is 0.00973. The summed E-state index contributed by atoms with van der Waals surface area (Å²) in [5.74, 6) is 0.114. The average Bonchev–Trinajstić information content (AvgIpc) is 3.17. The highest BCUT2D eigenvalue weighted by Crippen LogP contribution is 2.47. The number of allylic oxidation sites excluding steroid dienone is 1. The molecule has 1 fully saturated rings. The van der Waals surface area contributed by atoms with Crippen LogP contribution in [0.2, 0.25) is 0 Å². The standard InChI is InChI=1S/C13H18N2O2S/c1-2-3-10-18(16,17)15-11-13(6-7-13)12-4-8-14-9-5-12/h2,4-5,8-9,15H,1,3,6-7,10-11H2. The van der Waals surface area contributed by atoms with E-state index in [0.717, 1.165) is 12.8 Å². The van der Waals surface area contributed by atoms with Crippen LogP contribution < -0.4 is 4.72 Å². The molecule has 1 aromatic rings. The second-order valence-corrected chi connectivity index (χ2v) is 6.66. The molecule has 0 atom stereocenters. The van der Waals surface area contributed by atoms with Gasteiger partial charge in [0, 0.05) is 24.4 Å². The smallest absolute Gasteiger partial charge is 0.211 e. The number of rotatable bonds is 7. The van der Waals surface area contributed by atoms with Gasteiger partial charge in [0.05, 0.1) is 5.75 Å². The summed E-state index contributed by atoms with van der Waals surface area (Å²) in [5, 5.41) is 0. The first-order valence-electron chi connectivity index (χ1n) is 6.07. The van der Waals surface area contributed by atoms with E-state index in [1.807, 2.05) is 12.1 Å². The molecule has 18 heavy (non-hydrogen) atoms. The van der Waals surface area contributed by atoms with Crippen LogP contribution in [-0.2, 0) is 15.4 Å². The summed E-state index contributed by atoms with van der Waals surface area (Å²) in [6, 6.07) is 3.93. The molecule has 1 saturated carbocycles. The SMILES string of the molecule is C=CCCS(=O)(=O)NCC1(c2ccncc2)CC1. The number of hydrogen-bond donors (Lipinski definition) is 1. The van der Waals surface area contributed by atoms with E-state index in [4.69, 9.17) is 0 Å². The average molecular weight is 266 g/mol. The van der Waals surface area contributed by atoms with Crippen molar-refractivity contribution in [1.29, 1.82) is 0 Å². The van der Waals surface area contributed by atoms with Crippen molar-refractivity contribution < 1.29 is 8.42 Å². The van der Waals surface area contributed by atoms with Crippen molar-refractivity contribution in [2.75, 3.05) is 12.3 Å². The summed E-state index contributed by atoms with van der Waals surface area (Å²) >= 11 is 0. The molecular weight excluding hydrogens is 248 g/mol. The molecule has 1 aromatic heterocycles. The van der Waals surface area contributed by atoms with Gasteiger partial charge in [-0.05, 0) is 37.0 Å². The summed E-state index contributed by atoms with van der Waals surface area (Å²) in [6.45, 7) is 4.02. The predicted octanol–water partition coefficient (Wildman–Crippen LogP) is 1.61. The fourth-order valence-electron chi connectivity index (χ4n) is 1.98. The third kappa shape index (κ3) is 3.17. The molecule has 0 aliphatic heterocycles. The highest BCUT2D eigenvalue weighted by molar-refractivity contribution is 7.89. The second-order valence-electron chi connectivity index (χ2n) is 4.73. The number of pyridine rings is 1. The minimum atomic E-state index is -3.18. The van der Waals surface area contributed by atoms with Crippen LogP contribution in [0.15, 0.2) is 37.2 Å². The molecule has 4 nitrogen and oxygen atoms in total.